The summed E-state index contributed by atoms with van der Waals surface area (Å²) in [5.74, 6) is -5.51. The number of carbonyl (C=O) groups excluding carboxylic acids is 4. The second-order valence-electron chi connectivity index (χ2n) is 11.6. The zero-order valence-corrected chi connectivity index (χ0v) is 24.8. The summed E-state index contributed by atoms with van der Waals surface area (Å²) in [6.07, 6.45) is -7.56. The number of esters is 4. The molecule has 0 spiro atoms. The van der Waals surface area contributed by atoms with Gasteiger partial charge in [0.05, 0.1) is 42.4 Å². The van der Waals surface area contributed by atoms with Crippen molar-refractivity contribution in [2.75, 3.05) is 12.4 Å². The van der Waals surface area contributed by atoms with Gasteiger partial charge in [-0.05, 0) is 91.2 Å². The van der Waals surface area contributed by atoms with E-state index in [1.54, 1.807) is 0 Å². The molecule has 1 saturated heterocycles. The van der Waals surface area contributed by atoms with Crippen LogP contribution in [0.3, 0.4) is 0 Å². The quantitative estimate of drug-likeness (QED) is 0.127. The first-order valence-corrected chi connectivity index (χ1v) is 15.8. The van der Waals surface area contributed by atoms with Crippen LogP contribution in [0.4, 0.5) is 13.2 Å². The topological polar surface area (TPSA) is 162 Å². The van der Waals surface area contributed by atoms with Gasteiger partial charge < -0.3 is 23.5 Å². The highest BCUT2D eigenvalue weighted by Crippen LogP contribution is 2.66. The molecular weight excluding hydrogens is 704 g/mol. The van der Waals surface area contributed by atoms with Crippen LogP contribution in [-0.2, 0) is 38.7 Å². The van der Waals surface area contributed by atoms with Gasteiger partial charge >= 0.3 is 30.1 Å². The lowest BCUT2D eigenvalue weighted by molar-refractivity contribution is -0.230. The molecule has 5 aliphatic rings. The van der Waals surface area contributed by atoms with Crippen molar-refractivity contribution in [3.8, 4) is 5.75 Å². The van der Waals surface area contributed by atoms with Crippen LogP contribution < -0.4 is 4.74 Å². The number of hydrogen-bond donors (Lipinski definition) is 0. The Bertz CT molecular complexity index is 1410. The van der Waals surface area contributed by atoms with Gasteiger partial charge in [0.2, 0.25) is 12.2 Å². The number of rotatable bonds is 8. The van der Waals surface area contributed by atoms with E-state index in [2.05, 4.69) is 4.74 Å². The smallest absolute Gasteiger partial charge is 0.426 e. The molecule has 4 bridgehead atoms. The summed E-state index contributed by atoms with van der Waals surface area (Å²) in [6.45, 7) is 0.149. The molecule has 4 aliphatic carbocycles. The molecule has 6 rings (SSSR count). The van der Waals surface area contributed by atoms with E-state index >= 15 is 0 Å². The number of alkyl halides is 3. The largest absolute Gasteiger partial charge is 0.748 e. The fourth-order valence-electron chi connectivity index (χ4n) is 7.08. The first kappa shape index (κ1) is 31.0. The highest BCUT2D eigenvalue weighted by molar-refractivity contribution is 14.1. The molecule has 11 nitrogen and oxygen atoms in total. The van der Waals surface area contributed by atoms with Crippen LogP contribution in [0, 0.1) is 26.2 Å². The van der Waals surface area contributed by atoms with E-state index in [4.69, 9.17) is 14.2 Å². The maximum atomic E-state index is 13.6. The van der Waals surface area contributed by atoms with Crippen LogP contribution in [-0.4, -0.2) is 67.6 Å². The lowest BCUT2D eigenvalue weighted by Crippen LogP contribution is -2.59. The van der Waals surface area contributed by atoms with E-state index in [1.807, 2.05) is 22.6 Å². The molecule has 0 aromatic heterocycles. The van der Waals surface area contributed by atoms with E-state index in [-0.39, 0.29) is 55.4 Å². The van der Waals surface area contributed by atoms with Gasteiger partial charge in [-0.2, -0.15) is 13.2 Å². The zero-order valence-electron chi connectivity index (χ0n) is 21.8. The van der Waals surface area contributed by atoms with Crippen LogP contribution >= 0.6 is 22.6 Å². The van der Waals surface area contributed by atoms with Crippen molar-refractivity contribution in [3.63, 3.8) is 0 Å². The molecule has 16 heteroatoms. The second kappa shape index (κ2) is 10.9. The average molecular weight is 729 g/mol. The van der Waals surface area contributed by atoms with Gasteiger partial charge in [-0.3, -0.25) is 9.59 Å². The molecule has 4 atom stereocenters. The molecule has 230 valence electrons. The van der Waals surface area contributed by atoms with Gasteiger partial charge in [0, 0.05) is 6.42 Å². The predicted molar refractivity (Wildman–Crippen MR) is 140 cm³/mol. The van der Waals surface area contributed by atoms with Crippen molar-refractivity contribution < 1.29 is 64.3 Å². The molecule has 0 radical (unpaired) electrons. The Morgan fingerprint density at radius 1 is 1.10 bits per heavy atom. The summed E-state index contributed by atoms with van der Waals surface area (Å²) in [4.78, 5) is 50.9. The van der Waals surface area contributed by atoms with Gasteiger partial charge in [0.25, 0.3) is 0 Å². The van der Waals surface area contributed by atoms with Crippen molar-refractivity contribution in [2.45, 2.75) is 63.3 Å². The molecular formula is C26H25F3IO11S-. The minimum atomic E-state index is -5.36. The third-order valence-electron chi connectivity index (χ3n) is 8.40. The summed E-state index contributed by atoms with van der Waals surface area (Å²) >= 11 is 1.85. The monoisotopic (exact) mass is 729 g/mol. The van der Waals surface area contributed by atoms with Gasteiger partial charge in [-0.25, -0.2) is 18.0 Å². The standard InChI is InChI=1S/C26H26F3IO11S/c27-26(28,29)19(11-42(35,36)37)41-23(34)25-9-13-5-14(10-25)8-24(7-13,12-25)22(33)40-17-2-1-15(6-16(17)30)20(31)39-18-3-4-38-21(18)32/h1-2,6,13-14,18-19H,3-5,7-12H2,(H,35,36,37)/p-1. The summed E-state index contributed by atoms with van der Waals surface area (Å²) in [7, 11) is -5.36. The fraction of sp³-hybridized carbons (Fsp3) is 0.615. The van der Waals surface area contributed by atoms with E-state index in [0.717, 1.165) is 0 Å². The Labute approximate surface area is 251 Å². The van der Waals surface area contributed by atoms with E-state index in [1.165, 1.54) is 18.2 Å². The zero-order chi connectivity index (χ0) is 30.7. The first-order chi connectivity index (χ1) is 19.5. The maximum absolute atomic E-state index is 13.6. The Hall–Kier alpha value is -2.47. The summed E-state index contributed by atoms with van der Waals surface area (Å²) in [5.41, 5.74) is -2.54. The molecule has 1 aromatic rings. The highest BCUT2D eigenvalue weighted by atomic mass is 127. The minimum Gasteiger partial charge on any atom is -0.748 e. The molecule has 1 heterocycles. The summed E-state index contributed by atoms with van der Waals surface area (Å²) < 4.78 is 94.2. The summed E-state index contributed by atoms with van der Waals surface area (Å²) in [6, 6.07) is 4.14. The maximum Gasteiger partial charge on any atom is 0.426 e. The van der Waals surface area contributed by atoms with Crippen LogP contribution in [0.1, 0.15) is 55.3 Å². The van der Waals surface area contributed by atoms with E-state index in [0.29, 0.717) is 22.8 Å². The third-order valence-corrected chi connectivity index (χ3v) is 9.96. The van der Waals surface area contributed by atoms with Crippen molar-refractivity contribution >= 4 is 56.6 Å². The van der Waals surface area contributed by atoms with Crippen LogP contribution in [0.5, 0.6) is 5.75 Å². The summed E-state index contributed by atoms with van der Waals surface area (Å²) in [5, 5.41) is 0. The van der Waals surface area contributed by atoms with E-state index < -0.39 is 69.0 Å². The van der Waals surface area contributed by atoms with Crippen molar-refractivity contribution in [3.05, 3.63) is 27.3 Å². The number of halogens is 4. The lowest BCUT2D eigenvalue weighted by atomic mass is 9.44. The first-order valence-electron chi connectivity index (χ1n) is 13.1. The highest BCUT2D eigenvalue weighted by Gasteiger charge is 2.65. The number of ether oxygens (including phenoxy) is 4. The van der Waals surface area contributed by atoms with E-state index in [9.17, 15) is 45.3 Å². The van der Waals surface area contributed by atoms with Gasteiger partial charge in [0.15, 0.2) is 0 Å². The lowest BCUT2D eigenvalue weighted by Gasteiger charge is -2.59. The third kappa shape index (κ3) is 6.25. The number of cyclic esters (lactones) is 1. The minimum absolute atomic E-state index is 0.106. The van der Waals surface area contributed by atoms with Crippen LogP contribution in [0.25, 0.3) is 0 Å². The molecule has 1 aliphatic heterocycles. The second-order valence-corrected chi connectivity index (χ2v) is 14.2. The SMILES string of the molecule is O=C(OC1CCOC1=O)c1ccc(OC(=O)C23CC4CC(C2)CC(C(=O)OC(CS(=O)(=O)[O-])C(F)(F)F)(C4)C3)c(I)c1. The van der Waals surface area contributed by atoms with Gasteiger partial charge in [-0.15, -0.1) is 0 Å². The molecule has 0 N–H and O–H groups in total. The molecule has 1 aromatic carbocycles. The Balaban J connectivity index is 1.31. The van der Waals surface area contributed by atoms with Crippen LogP contribution in [0.15, 0.2) is 18.2 Å². The number of carbonyl (C=O) groups is 4. The predicted octanol–water partition coefficient (Wildman–Crippen LogP) is 3.27. The average Bonchev–Trinajstić information content (AvgIpc) is 3.26. The normalized spacial score (nSPS) is 30.9. The van der Waals surface area contributed by atoms with Gasteiger partial charge in [-0.1, -0.05) is 0 Å². The molecule has 4 saturated carbocycles. The molecule has 0 amide bonds. The molecule has 42 heavy (non-hydrogen) atoms. The molecule has 5 fully saturated rings. The molecule has 4 unspecified atom stereocenters. The Kier molecular flexibility index (Phi) is 8.04. The number of benzene rings is 1. The van der Waals surface area contributed by atoms with Gasteiger partial charge in [0.1, 0.15) is 5.75 Å². The van der Waals surface area contributed by atoms with Crippen molar-refractivity contribution in [2.24, 2.45) is 22.7 Å². The van der Waals surface area contributed by atoms with Crippen molar-refractivity contribution in [1.29, 1.82) is 0 Å². The Morgan fingerprint density at radius 3 is 2.24 bits per heavy atom. The van der Waals surface area contributed by atoms with Crippen LogP contribution in [0.2, 0.25) is 0 Å². The van der Waals surface area contributed by atoms with Crippen molar-refractivity contribution in [1.82, 2.24) is 0 Å². The number of hydrogen-bond acceptors (Lipinski definition) is 11. The fourth-order valence-corrected chi connectivity index (χ4v) is 8.33. The Morgan fingerprint density at radius 2 is 1.71 bits per heavy atom.